The van der Waals surface area contributed by atoms with E-state index >= 15 is 0 Å². The highest BCUT2D eigenvalue weighted by Gasteiger charge is 2.24. The number of amides is 1. The number of aliphatic imine (C=N–C) groups is 1. The highest BCUT2D eigenvalue weighted by Crippen LogP contribution is 2.25. The van der Waals surface area contributed by atoms with Gasteiger partial charge < -0.3 is 25.3 Å². The molecule has 0 fully saturated rings. The molecule has 3 N–H and O–H groups in total. The zero-order valence-corrected chi connectivity index (χ0v) is 24.9. The minimum absolute atomic E-state index is 0.0329. The van der Waals surface area contributed by atoms with Crippen LogP contribution in [0.3, 0.4) is 0 Å². The minimum Gasteiger partial charge on any atom is -0.494 e. The molecule has 1 amide bonds. The molecule has 2 heterocycles. The second-order valence-electron chi connectivity index (χ2n) is 10.5. The first-order valence-corrected chi connectivity index (χ1v) is 13.6. The molecule has 0 radical (unpaired) electrons. The number of halogens is 1. The van der Waals surface area contributed by atoms with Gasteiger partial charge in [-0.05, 0) is 76.1 Å². The summed E-state index contributed by atoms with van der Waals surface area (Å²) in [5.74, 6) is -1.78. The van der Waals surface area contributed by atoms with Crippen molar-refractivity contribution in [2.45, 2.75) is 59.2 Å². The molecule has 224 valence electrons. The summed E-state index contributed by atoms with van der Waals surface area (Å²) in [5.41, 5.74) is 8.61. The summed E-state index contributed by atoms with van der Waals surface area (Å²) in [5, 5.41) is 3.67. The van der Waals surface area contributed by atoms with Crippen molar-refractivity contribution in [2.24, 2.45) is 10.7 Å². The van der Waals surface area contributed by atoms with E-state index in [1.165, 1.54) is 25.5 Å². The van der Waals surface area contributed by atoms with Gasteiger partial charge in [-0.15, -0.1) is 0 Å². The zero-order chi connectivity index (χ0) is 30.9. The summed E-state index contributed by atoms with van der Waals surface area (Å²) in [6.45, 7) is 9.48. The standard InChI is InChI=1S/C31H38FN5O5/c1-7-41-28(38)15-26(20-10-11-27(40-6)24(32)14-20)37-30(39)23(25(33)18-42-31(3,4)5)17-34-16-22-13-21-9-8-12-35-29(21)36-19(22)2/h8-14,17,26H,7,15-16,18,33H2,1-6H3,(H,37,39)/t26-/m0/s1. The van der Waals surface area contributed by atoms with Gasteiger partial charge in [0.05, 0.1) is 50.5 Å². The van der Waals surface area contributed by atoms with Crippen LogP contribution in [-0.4, -0.2) is 54.0 Å². The fraction of sp³-hybridized carbons (Fsp3) is 0.387. The summed E-state index contributed by atoms with van der Waals surface area (Å²) in [7, 11) is 1.35. The van der Waals surface area contributed by atoms with Crippen LogP contribution in [0.15, 0.2) is 58.9 Å². The Morgan fingerprint density at radius 1 is 1.21 bits per heavy atom. The summed E-state index contributed by atoms with van der Waals surface area (Å²) < 4.78 is 30.5. The number of nitrogens with zero attached hydrogens (tertiary/aromatic N) is 3. The number of fused-ring (bicyclic) bond motifs is 1. The Hall–Kier alpha value is -4.38. The number of carbonyl (C=O) groups excluding carboxylic acids is 2. The maximum absolute atomic E-state index is 14.6. The maximum atomic E-state index is 14.6. The molecule has 1 aromatic carbocycles. The van der Waals surface area contributed by atoms with Gasteiger partial charge in [-0.3, -0.25) is 14.6 Å². The average Bonchev–Trinajstić information content (AvgIpc) is 2.93. The summed E-state index contributed by atoms with van der Waals surface area (Å²) in [4.78, 5) is 39.3. The van der Waals surface area contributed by atoms with Crippen molar-refractivity contribution in [1.82, 2.24) is 15.3 Å². The number of nitrogens with one attached hydrogen (secondary N) is 1. The van der Waals surface area contributed by atoms with Gasteiger partial charge in [0.1, 0.15) is 0 Å². The lowest BCUT2D eigenvalue weighted by molar-refractivity contribution is -0.143. The number of nitrogens with two attached hydrogens (primary N) is 1. The number of aromatic nitrogens is 2. The molecular weight excluding hydrogens is 541 g/mol. The number of hydrogen-bond acceptors (Lipinski definition) is 9. The van der Waals surface area contributed by atoms with Crippen molar-refractivity contribution < 1.29 is 28.2 Å². The van der Waals surface area contributed by atoms with E-state index in [-0.39, 0.29) is 43.2 Å². The second kappa shape index (κ2) is 14.5. The first kappa shape index (κ1) is 32.1. The molecule has 1 atom stereocenters. The van der Waals surface area contributed by atoms with Gasteiger partial charge in [-0.2, -0.15) is 0 Å². The van der Waals surface area contributed by atoms with Crippen molar-refractivity contribution in [3.8, 4) is 5.75 Å². The van der Waals surface area contributed by atoms with Crippen LogP contribution < -0.4 is 15.8 Å². The molecule has 0 aliphatic heterocycles. The van der Waals surface area contributed by atoms with Crippen molar-refractivity contribution in [2.75, 3.05) is 20.3 Å². The Morgan fingerprint density at radius 3 is 2.64 bits per heavy atom. The van der Waals surface area contributed by atoms with Gasteiger partial charge in [0, 0.05) is 29.2 Å². The lowest BCUT2D eigenvalue weighted by Gasteiger charge is -2.22. The molecular formula is C31H38FN5O5. The average molecular weight is 580 g/mol. The Bertz CT molecular complexity index is 1480. The molecule has 11 heteroatoms. The molecule has 0 aliphatic rings. The number of carbonyl (C=O) groups is 2. The summed E-state index contributed by atoms with van der Waals surface area (Å²) >= 11 is 0. The van der Waals surface area contributed by atoms with Crippen molar-refractivity contribution >= 4 is 29.1 Å². The molecule has 0 aliphatic carbocycles. The molecule has 42 heavy (non-hydrogen) atoms. The second-order valence-corrected chi connectivity index (χ2v) is 10.5. The number of rotatable bonds is 12. The van der Waals surface area contributed by atoms with Crippen LogP contribution in [0.1, 0.15) is 57.0 Å². The zero-order valence-electron chi connectivity index (χ0n) is 24.9. The number of benzene rings is 1. The van der Waals surface area contributed by atoms with Gasteiger partial charge >= 0.3 is 5.97 Å². The van der Waals surface area contributed by atoms with Crippen LogP contribution in [0.2, 0.25) is 0 Å². The third-order valence-corrected chi connectivity index (χ3v) is 6.18. The predicted octanol–water partition coefficient (Wildman–Crippen LogP) is 4.50. The summed E-state index contributed by atoms with van der Waals surface area (Å²) in [6, 6.07) is 8.97. The molecule has 0 saturated carbocycles. The topological polar surface area (TPSA) is 138 Å². The Balaban J connectivity index is 1.93. The third-order valence-electron chi connectivity index (χ3n) is 6.18. The number of aryl methyl sites for hydroxylation is 1. The molecule has 3 rings (SSSR count). The van der Waals surface area contributed by atoms with E-state index in [4.69, 9.17) is 19.9 Å². The quantitative estimate of drug-likeness (QED) is 0.182. The van der Waals surface area contributed by atoms with Crippen molar-refractivity contribution in [1.29, 1.82) is 0 Å². The monoisotopic (exact) mass is 579 g/mol. The molecule has 0 spiro atoms. The molecule has 0 bridgehead atoms. The van der Waals surface area contributed by atoms with Gasteiger partial charge in [0.25, 0.3) is 5.91 Å². The lowest BCUT2D eigenvalue weighted by atomic mass is 10.0. The van der Waals surface area contributed by atoms with E-state index in [1.54, 1.807) is 19.2 Å². The molecule has 0 unspecified atom stereocenters. The van der Waals surface area contributed by atoms with Crippen molar-refractivity contribution in [3.05, 3.63) is 76.5 Å². The predicted molar refractivity (Wildman–Crippen MR) is 158 cm³/mol. The van der Waals surface area contributed by atoms with Crippen LogP contribution in [0.25, 0.3) is 11.0 Å². The minimum atomic E-state index is -0.920. The Morgan fingerprint density at radius 2 is 1.98 bits per heavy atom. The first-order valence-electron chi connectivity index (χ1n) is 13.6. The molecule has 2 aromatic heterocycles. The van der Waals surface area contributed by atoms with E-state index < -0.39 is 29.3 Å². The highest BCUT2D eigenvalue weighted by molar-refractivity contribution is 6.13. The number of methoxy groups -OCH3 is 1. The number of pyridine rings is 2. The van der Waals surface area contributed by atoms with E-state index in [1.807, 2.05) is 45.9 Å². The van der Waals surface area contributed by atoms with Crippen LogP contribution in [0.4, 0.5) is 4.39 Å². The number of esters is 1. The Labute approximate surface area is 245 Å². The van der Waals surface area contributed by atoms with E-state index in [0.717, 1.165) is 16.6 Å². The number of hydrogen-bond donors (Lipinski definition) is 2. The van der Waals surface area contributed by atoms with Crippen LogP contribution >= 0.6 is 0 Å². The van der Waals surface area contributed by atoms with Crippen LogP contribution in [-0.2, 0) is 25.6 Å². The van der Waals surface area contributed by atoms with Crippen LogP contribution in [0, 0.1) is 12.7 Å². The normalized spacial score (nSPS) is 13.1. The van der Waals surface area contributed by atoms with Crippen LogP contribution in [0.5, 0.6) is 5.75 Å². The fourth-order valence-electron chi connectivity index (χ4n) is 3.97. The first-order chi connectivity index (χ1) is 19.9. The van der Waals surface area contributed by atoms with E-state index in [9.17, 15) is 14.0 Å². The largest absolute Gasteiger partial charge is 0.494 e. The van der Waals surface area contributed by atoms with E-state index in [0.29, 0.717) is 11.2 Å². The number of ether oxygens (including phenoxy) is 3. The van der Waals surface area contributed by atoms with Crippen molar-refractivity contribution in [3.63, 3.8) is 0 Å². The highest BCUT2D eigenvalue weighted by atomic mass is 19.1. The van der Waals surface area contributed by atoms with Gasteiger partial charge in [0.15, 0.2) is 17.2 Å². The summed E-state index contributed by atoms with van der Waals surface area (Å²) in [6.07, 6.45) is 2.82. The van der Waals surface area contributed by atoms with Gasteiger partial charge in [-0.25, -0.2) is 14.4 Å². The molecule has 3 aromatic rings. The van der Waals surface area contributed by atoms with Gasteiger partial charge in [0.2, 0.25) is 0 Å². The smallest absolute Gasteiger partial charge is 0.308 e. The third kappa shape index (κ3) is 9.07. The SMILES string of the molecule is CCOC(=O)C[C@H](NC(=O)C(C=NCc1cc2cccnc2nc1C)=C(N)COC(C)(C)C)c1ccc(OC)c(F)c1. The Kier molecular flexibility index (Phi) is 11.1. The lowest BCUT2D eigenvalue weighted by Crippen LogP contribution is -2.34. The molecule has 10 nitrogen and oxygen atoms in total. The molecule has 0 saturated heterocycles. The van der Waals surface area contributed by atoms with E-state index in [2.05, 4.69) is 20.3 Å². The van der Waals surface area contributed by atoms with Gasteiger partial charge in [-0.1, -0.05) is 6.07 Å². The maximum Gasteiger partial charge on any atom is 0.308 e. The fourth-order valence-corrected chi connectivity index (χ4v) is 3.97.